The van der Waals surface area contributed by atoms with Crippen molar-refractivity contribution in [3.8, 4) is 0 Å². The van der Waals surface area contributed by atoms with Crippen LogP contribution in [0.4, 0.5) is 0 Å². The van der Waals surface area contributed by atoms with Gasteiger partial charge in [0.1, 0.15) is 0 Å². The van der Waals surface area contributed by atoms with Crippen molar-refractivity contribution in [2.45, 2.75) is 51.0 Å². The average Bonchev–Trinajstić information content (AvgIpc) is 2.44. The Hall–Kier alpha value is -1.35. The topological polar surface area (TPSA) is 49.3 Å². The Morgan fingerprint density at radius 2 is 2.21 bits per heavy atom. The number of aryl methyl sites for hydroxylation is 1. The number of amides is 1. The van der Waals surface area contributed by atoms with Gasteiger partial charge in [-0.1, -0.05) is 31.2 Å². The van der Waals surface area contributed by atoms with E-state index in [1.165, 1.54) is 5.56 Å². The molecule has 1 aliphatic rings. The van der Waals surface area contributed by atoms with E-state index in [0.29, 0.717) is 13.0 Å². The summed E-state index contributed by atoms with van der Waals surface area (Å²) in [7, 11) is 0. The van der Waals surface area contributed by atoms with E-state index < -0.39 is 5.60 Å². The van der Waals surface area contributed by atoms with Gasteiger partial charge in [0.15, 0.2) is 0 Å². The predicted octanol–water partition coefficient (Wildman–Crippen LogP) is 2.38. The van der Waals surface area contributed by atoms with Crippen LogP contribution in [0, 0.1) is 0 Å². The summed E-state index contributed by atoms with van der Waals surface area (Å²) >= 11 is 0. The number of carbonyl (C=O) groups excluding carboxylic acids is 1. The van der Waals surface area contributed by atoms with Gasteiger partial charge in [-0.15, -0.1) is 0 Å². The molecular weight excluding hydrogens is 238 g/mol. The number of fused-ring (bicyclic) bond motifs is 1. The second-order valence-corrected chi connectivity index (χ2v) is 5.71. The van der Waals surface area contributed by atoms with Gasteiger partial charge in [0, 0.05) is 6.54 Å². The van der Waals surface area contributed by atoms with Crippen molar-refractivity contribution < 1.29 is 9.90 Å². The third-order valence-electron chi connectivity index (χ3n) is 4.09. The number of carbonyl (C=O) groups is 1. The first-order chi connectivity index (χ1) is 9.03. The monoisotopic (exact) mass is 261 g/mol. The maximum atomic E-state index is 12.3. The van der Waals surface area contributed by atoms with Crippen molar-refractivity contribution in [3.05, 3.63) is 35.4 Å². The fraction of sp³-hybridized carbons (Fsp3) is 0.562. The summed E-state index contributed by atoms with van der Waals surface area (Å²) in [5.74, 6) is -0.0153. The third-order valence-corrected chi connectivity index (χ3v) is 4.09. The lowest BCUT2D eigenvalue weighted by atomic mass is 9.82. The molecule has 19 heavy (non-hydrogen) atoms. The van der Waals surface area contributed by atoms with E-state index in [-0.39, 0.29) is 11.8 Å². The van der Waals surface area contributed by atoms with Gasteiger partial charge in [-0.2, -0.15) is 0 Å². The summed E-state index contributed by atoms with van der Waals surface area (Å²) in [4.78, 5) is 12.3. The molecule has 0 heterocycles. The Morgan fingerprint density at radius 3 is 2.95 bits per heavy atom. The summed E-state index contributed by atoms with van der Waals surface area (Å²) in [5.41, 5.74) is 1.63. The van der Waals surface area contributed by atoms with Crippen LogP contribution in [0.5, 0.6) is 0 Å². The molecule has 1 aliphatic carbocycles. The Balaban J connectivity index is 2.05. The van der Waals surface area contributed by atoms with Crippen LogP contribution in [0.2, 0.25) is 0 Å². The van der Waals surface area contributed by atoms with Gasteiger partial charge in [-0.05, 0) is 43.7 Å². The third kappa shape index (κ3) is 3.35. The lowest BCUT2D eigenvalue weighted by Gasteiger charge is -2.27. The van der Waals surface area contributed by atoms with Gasteiger partial charge in [-0.25, -0.2) is 0 Å². The maximum Gasteiger partial charge on any atom is 0.227 e. The summed E-state index contributed by atoms with van der Waals surface area (Å²) in [6.45, 7) is 3.99. The van der Waals surface area contributed by atoms with E-state index in [1.54, 1.807) is 6.92 Å². The first kappa shape index (κ1) is 14.1. The molecule has 104 valence electrons. The average molecular weight is 261 g/mol. The van der Waals surface area contributed by atoms with E-state index in [1.807, 2.05) is 19.1 Å². The Kier molecular flexibility index (Phi) is 4.25. The zero-order valence-electron chi connectivity index (χ0n) is 11.8. The highest BCUT2D eigenvalue weighted by atomic mass is 16.3. The molecule has 2 unspecified atom stereocenters. The highest BCUT2D eigenvalue weighted by Gasteiger charge is 2.27. The molecule has 2 rings (SSSR count). The van der Waals surface area contributed by atoms with Crippen LogP contribution in [0.15, 0.2) is 24.3 Å². The van der Waals surface area contributed by atoms with E-state index in [9.17, 15) is 9.90 Å². The molecule has 0 spiro atoms. The fourth-order valence-corrected chi connectivity index (χ4v) is 2.55. The molecule has 0 aromatic heterocycles. The SMILES string of the molecule is CCC(C)(O)CNC(=O)C1CCCc2ccccc21. The van der Waals surface area contributed by atoms with E-state index in [4.69, 9.17) is 0 Å². The molecular formula is C16H23NO2. The van der Waals surface area contributed by atoms with E-state index in [0.717, 1.165) is 24.8 Å². The molecule has 1 amide bonds. The molecule has 0 saturated carbocycles. The summed E-state index contributed by atoms with van der Waals surface area (Å²) in [6.07, 6.45) is 3.65. The summed E-state index contributed by atoms with van der Waals surface area (Å²) in [5, 5.41) is 12.8. The highest BCUT2D eigenvalue weighted by molar-refractivity contribution is 5.84. The summed E-state index contributed by atoms with van der Waals surface area (Å²) in [6, 6.07) is 8.18. The first-order valence-corrected chi connectivity index (χ1v) is 7.11. The molecule has 0 fully saturated rings. The molecule has 3 heteroatoms. The minimum atomic E-state index is -0.816. The van der Waals surface area contributed by atoms with Crippen molar-refractivity contribution in [1.29, 1.82) is 0 Å². The van der Waals surface area contributed by atoms with E-state index in [2.05, 4.69) is 17.4 Å². The van der Waals surface area contributed by atoms with Crippen LogP contribution < -0.4 is 5.32 Å². The van der Waals surface area contributed by atoms with Crippen molar-refractivity contribution in [2.24, 2.45) is 0 Å². The van der Waals surface area contributed by atoms with Gasteiger partial charge in [0.25, 0.3) is 0 Å². The number of rotatable bonds is 4. The molecule has 2 N–H and O–H groups in total. The van der Waals surface area contributed by atoms with Gasteiger partial charge >= 0.3 is 0 Å². The Labute approximate surface area is 115 Å². The number of hydrogen-bond donors (Lipinski definition) is 2. The van der Waals surface area contributed by atoms with Crippen molar-refractivity contribution >= 4 is 5.91 Å². The minimum absolute atomic E-state index is 0.0425. The molecule has 0 radical (unpaired) electrons. The van der Waals surface area contributed by atoms with Gasteiger partial charge in [-0.3, -0.25) is 4.79 Å². The molecule has 0 aliphatic heterocycles. The highest BCUT2D eigenvalue weighted by Crippen LogP contribution is 2.31. The first-order valence-electron chi connectivity index (χ1n) is 7.11. The standard InChI is InChI=1S/C16H23NO2/c1-3-16(2,19)11-17-15(18)14-10-6-8-12-7-4-5-9-13(12)14/h4-5,7,9,14,19H,3,6,8,10-11H2,1-2H3,(H,17,18). The smallest absolute Gasteiger partial charge is 0.227 e. The predicted molar refractivity (Wildman–Crippen MR) is 76.0 cm³/mol. The van der Waals surface area contributed by atoms with Crippen molar-refractivity contribution in [1.82, 2.24) is 5.32 Å². The second kappa shape index (κ2) is 5.74. The van der Waals surface area contributed by atoms with Crippen LogP contribution >= 0.6 is 0 Å². The number of benzene rings is 1. The number of nitrogens with one attached hydrogen (secondary N) is 1. The molecule has 0 bridgehead atoms. The minimum Gasteiger partial charge on any atom is -0.388 e. The van der Waals surface area contributed by atoms with Gasteiger partial charge < -0.3 is 10.4 Å². The van der Waals surface area contributed by atoms with E-state index >= 15 is 0 Å². The molecule has 0 saturated heterocycles. The van der Waals surface area contributed by atoms with Crippen molar-refractivity contribution in [2.75, 3.05) is 6.54 Å². The maximum absolute atomic E-state index is 12.3. The van der Waals surface area contributed by atoms with Crippen LogP contribution in [0.3, 0.4) is 0 Å². The summed E-state index contributed by atoms with van der Waals surface area (Å²) < 4.78 is 0. The molecule has 3 nitrogen and oxygen atoms in total. The van der Waals surface area contributed by atoms with Crippen LogP contribution in [-0.4, -0.2) is 23.2 Å². The van der Waals surface area contributed by atoms with Crippen molar-refractivity contribution in [3.63, 3.8) is 0 Å². The fourth-order valence-electron chi connectivity index (χ4n) is 2.55. The zero-order chi connectivity index (χ0) is 13.9. The largest absolute Gasteiger partial charge is 0.388 e. The molecule has 1 aromatic rings. The van der Waals surface area contributed by atoms with Gasteiger partial charge in [0.05, 0.1) is 11.5 Å². The second-order valence-electron chi connectivity index (χ2n) is 5.71. The lowest BCUT2D eigenvalue weighted by Crippen LogP contribution is -2.42. The number of aliphatic hydroxyl groups is 1. The Morgan fingerprint density at radius 1 is 1.47 bits per heavy atom. The quantitative estimate of drug-likeness (QED) is 0.874. The number of hydrogen-bond acceptors (Lipinski definition) is 2. The Bertz CT molecular complexity index is 454. The van der Waals surface area contributed by atoms with Crippen LogP contribution in [-0.2, 0) is 11.2 Å². The normalized spacial score (nSPS) is 21.3. The molecule has 2 atom stereocenters. The molecule has 1 aromatic carbocycles. The van der Waals surface area contributed by atoms with Crippen LogP contribution in [0.1, 0.15) is 50.2 Å². The van der Waals surface area contributed by atoms with Crippen LogP contribution in [0.25, 0.3) is 0 Å². The zero-order valence-corrected chi connectivity index (χ0v) is 11.8. The lowest BCUT2D eigenvalue weighted by molar-refractivity contribution is -0.124. The van der Waals surface area contributed by atoms with Gasteiger partial charge in [0.2, 0.25) is 5.91 Å².